The number of piperazine rings is 1. The van der Waals surface area contributed by atoms with E-state index in [-0.39, 0.29) is 11.8 Å². The molecule has 0 unspecified atom stereocenters. The predicted molar refractivity (Wildman–Crippen MR) is 126 cm³/mol. The molecule has 2 fully saturated rings. The monoisotopic (exact) mass is 453 g/mol. The van der Waals surface area contributed by atoms with Crippen LogP contribution in [0.2, 0.25) is 0 Å². The average Bonchev–Trinajstić information content (AvgIpc) is 2.85. The molecule has 2 saturated heterocycles. The maximum absolute atomic E-state index is 13.0. The average molecular weight is 454 g/mol. The summed E-state index contributed by atoms with van der Waals surface area (Å²) < 4.78 is 27.1. The van der Waals surface area contributed by atoms with E-state index in [1.165, 1.54) is 9.87 Å². The van der Waals surface area contributed by atoms with Crippen molar-refractivity contribution in [1.29, 1.82) is 0 Å². The van der Waals surface area contributed by atoms with Crippen molar-refractivity contribution in [3.8, 4) is 0 Å². The number of rotatable bonds is 6. The summed E-state index contributed by atoms with van der Waals surface area (Å²) in [6.45, 7) is 4.89. The minimum atomic E-state index is -3.48. The van der Waals surface area contributed by atoms with Crippen molar-refractivity contribution in [3.05, 3.63) is 72.3 Å². The first kappa shape index (κ1) is 22.7. The fourth-order valence-corrected chi connectivity index (χ4v) is 5.89. The zero-order valence-corrected chi connectivity index (χ0v) is 19.2. The molecule has 2 aliphatic heterocycles. The van der Waals surface area contributed by atoms with E-state index in [9.17, 15) is 13.2 Å². The van der Waals surface area contributed by atoms with Crippen LogP contribution in [0.3, 0.4) is 0 Å². The highest BCUT2D eigenvalue weighted by atomic mass is 32.2. The van der Waals surface area contributed by atoms with E-state index in [2.05, 4.69) is 29.2 Å². The molecular formula is C25H31N3O3S. The second-order valence-electron chi connectivity index (χ2n) is 8.43. The molecule has 170 valence electrons. The molecule has 1 amide bonds. The summed E-state index contributed by atoms with van der Waals surface area (Å²) in [4.78, 5) is 17.7. The van der Waals surface area contributed by atoms with Gasteiger partial charge in [0.05, 0.1) is 4.90 Å². The van der Waals surface area contributed by atoms with Crippen LogP contribution in [0.4, 0.5) is 0 Å². The number of sulfonamides is 1. The number of carbonyl (C=O) groups is 1. The number of benzene rings is 2. The molecule has 0 saturated carbocycles. The van der Waals surface area contributed by atoms with Crippen molar-refractivity contribution in [2.24, 2.45) is 5.92 Å². The van der Waals surface area contributed by atoms with Gasteiger partial charge in [-0.15, -0.1) is 0 Å². The van der Waals surface area contributed by atoms with Crippen molar-refractivity contribution in [2.75, 3.05) is 45.8 Å². The Labute approximate surface area is 191 Å². The standard InChI is InChI=1S/C25H31N3O3S/c29-25(23-13-16-28(17-14-23)32(30,31)24-11-5-2-6-12-24)27-20-18-26(19-21-27)15-7-10-22-8-3-1-4-9-22/h1-12,23H,13-21H2. The van der Waals surface area contributed by atoms with E-state index < -0.39 is 10.0 Å². The van der Waals surface area contributed by atoms with E-state index in [4.69, 9.17) is 0 Å². The maximum Gasteiger partial charge on any atom is 0.243 e. The lowest BCUT2D eigenvalue weighted by Crippen LogP contribution is -2.51. The van der Waals surface area contributed by atoms with E-state index in [0.717, 1.165) is 32.7 Å². The number of piperidine rings is 1. The molecule has 0 spiro atoms. The van der Waals surface area contributed by atoms with Gasteiger partial charge in [0, 0.05) is 51.7 Å². The lowest BCUT2D eigenvalue weighted by molar-refractivity contribution is -0.138. The first-order chi connectivity index (χ1) is 15.5. The quantitative estimate of drug-likeness (QED) is 0.675. The molecule has 2 aromatic rings. The number of nitrogens with zero attached hydrogens (tertiary/aromatic N) is 3. The fraction of sp³-hybridized carbons (Fsp3) is 0.400. The molecule has 2 heterocycles. The Balaban J connectivity index is 1.23. The third-order valence-electron chi connectivity index (χ3n) is 6.34. The number of hydrogen-bond donors (Lipinski definition) is 0. The van der Waals surface area contributed by atoms with Crippen LogP contribution in [-0.4, -0.2) is 74.2 Å². The summed E-state index contributed by atoms with van der Waals surface area (Å²) in [5, 5.41) is 0. The molecule has 0 radical (unpaired) electrons. The van der Waals surface area contributed by atoms with Gasteiger partial charge >= 0.3 is 0 Å². The van der Waals surface area contributed by atoms with Gasteiger partial charge < -0.3 is 4.90 Å². The molecule has 4 rings (SSSR count). The van der Waals surface area contributed by atoms with Crippen molar-refractivity contribution < 1.29 is 13.2 Å². The lowest BCUT2D eigenvalue weighted by Gasteiger charge is -2.38. The zero-order valence-electron chi connectivity index (χ0n) is 18.3. The number of amides is 1. The van der Waals surface area contributed by atoms with Gasteiger partial charge in [0.1, 0.15) is 0 Å². The minimum Gasteiger partial charge on any atom is -0.340 e. The fourth-order valence-electron chi connectivity index (χ4n) is 4.40. The topological polar surface area (TPSA) is 60.9 Å². The van der Waals surface area contributed by atoms with E-state index in [0.29, 0.717) is 30.8 Å². The molecule has 0 aliphatic carbocycles. The summed E-state index contributed by atoms with van der Waals surface area (Å²) in [6, 6.07) is 18.8. The zero-order chi connectivity index (χ0) is 22.4. The summed E-state index contributed by atoms with van der Waals surface area (Å²) in [7, 11) is -3.48. The second kappa shape index (κ2) is 10.4. The third-order valence-corrected chi connectivity index (χ3v) is 8.25. The molecule has 2 aliphatic rings. The molecule has 6 nitrogen and oxygen atoms in total. The van der Waals surface area contributed by atoms with Gasteiger partial charge in [0.2, 0.25) is 15.9 Å². The van der Waals surface area contributed by atoms with Crippen LogP contribution >= 0.6 is 0 Å². The van der Waals surface area contributed by atoms with E-state index in [1.807, 2.05) is 29.2 Å². The Kier molecular flexibility index (Phi) is 7.40. The number of carbonyl (C=O) groups excluding carboxylic acids is 1. The van der Waals surface area contributed by atoms with Gasteiger partial charge in [-0.3, -0.25) is 9.69 Å². The van der Waals surface area contributed by atoms with Gasteiger partial charge in [-0.25, -0.2) is 8.42 Å². The highest BCUT2D eigenvalue weighted by molar-refractivity contribution is 7.89. The summed E-state index contributed by atoms with van der Waals surface area (Å²) in [5.74, 6) is 0.1000. The highest BCUT2D eigenvalue weighted by Gasteiger charge is 2.34. The maximum atomic E-state index is 13.0. The first-order valence-electron chi connectivity index (χ1n) is 11.3. The molecule has 0 bridgehead atoms. The molecule has 7 heteroatoms. The second-order valence-corrected chi connectivity index (χ2v) is 10.4. The lowest BCUT2D eigenvalue weighted by atomic mass is 9.96. The summed E-state index contributed by atoms with van der Waals surface area (Å²) in [5.41, 5.74) is 1.20. The van der Waals surface area contributed by atoms with Crippen LogP contribution in [0.15, 0.2) is 71.6 Å². The summed E-state index contributed by atoms with van der Waals surface area (Å²) >= 11 is 0. The first-order valence-corrected chi connectivity index (χ1v) is 12.8. The Morgan fingerprint density at radius 1 is 0.844 bits per heavy atom. The largest absolute Gasteiger partial charge is 0.340 e. The van der Waals surface area contributed by atoms with Crippen molar-refractivity contribution in [3.63, 3.8) is 0 Å². The van der Waals surface area contributed by atoms with Crippen LogP contribution in [0, 0.1) is 5.92 Å². The molecular weight excluding hydrogens is 422 g/mol. The highest BCUT2D eigenvalue weighted by Crippen LogP contribution is 2.25. The van der Waals surface area contributed by atoms with Crippen LogP contribution in [0.25, 0.3) is 6.08 Å². The van der Waals surface area contributed by atoms with Gasteiger partial charge in [0.15, 0.2) is 0 Å². The predicted octanol–water partition coefficient (Wildman–Crippen LogP) is 2.94. The number of hydrogen-bond acceptors (Lipinski definition) is 4. The van der Waals surface area contributed by atoms with Crippen LogP contribution in [0.1, 0.15) is 18.4 Å². The van der Waals surface area contributed by atoms with Crippen molar-refractivity contribution >= 4 is 22.0 Å². The third kappa shape index (κ3) is 5.46. The Bertz CT molecular complexity index is 1010. The smallest absolute Gasteiger partial charge is 0.243 e. The van der Waals surface area contributed by atoms with Gasteiger partial charge in [-0.05, 0) is 30.5 Å². The Hall–Kier alpha value is -2.48. The Morgan fingerprint density at radius 2 is 1.44 bits per heavy atom. The molecule has 0 aromatic heterocycles. The van der Waals surface area contributed by atoms with Crippen molar-refractivity contribution in [2.45, 2.75) is 17.7 Å². The molecule has 0 atom stereocenters. The SMILES string of the molecule is O=C(C1CCN(S(=O)(=O)c2ccccc2)CC1)N1CCN(CC=Cc2ccccc2)CC1. The molecule has 2 aromatic carbocycles. The van der Waals surface area contributed by atoms with E-state index in [1.54, 1.807) is 24.3 Å². The van der Waals surface area contributed by atoms with Crippen LogP contribution < -0.4 is 0 Å². The summed E-state index contributed by atoms with van der Waals surface area (Å²) in [6.07, 6.45) is 5.49. The van der Waals surface area contributed by atoms with Gasteiger partial charge in [-0.1, -0.05) is 60.7 Å². The molecule has 0 N–H and O–H groups in total. The Morgan fingerprint density at radius 3 is 2.06 bits per heavy atom. The van der Waals surface area contributed by atoms with Gasteiger partial charge in [0.25, 0.3) is 0 Å². The van der Waals surface area contributed by atoms with Crippen molar-refractivity contribution in [1.82, 2.24) is 14.1 Å². The van der Waals surface area contributed by atoms with Crippen LogP contribution in [0.5, 0.6) is 0 Å². The normalized spacial score (nSPS) is 19.4. The molecule has 32 heavy (non-hydrogen) atoms. The van der Waals surface area contributed by atoms with Crippen LogP contribution in [-0.2, 0) is 14.8 Å². The van der Waals surface area contributed by atoms with E-state index >= 15 is 0 Å². The minimum absolute atomic E-state index is 0.0817. The van der Waals surface area contributed by atoms with Gasteiger partial charge in [-0.2, -0.15) is 4.31 Å².